The van der Waals surface area contributed by atoms with Crippen molar-refractivity contribution in [3.05, 3.63) is 33.3 Å². The molecule has 20 heavy (non-hydrogen) atoms. The second-order valence-corrected chi connectivity index (χ2v) is 4.40. The number of benzene rings is 1. The van der Waals surface area contributed by atoms with Crippen LogP contribution in [-0.2, 0) is 9.59 Å². The lowest BCUT2D eigenvalue weighted by Crippen LogP contribution is -2.32. The Bertz CT molecular complexity index is 629. The molecule has 0 aromatic heterocycles. The Kier molecular flexibility index (Phi) is 3.94. The maximum absolute atomic E-state index is 11.9. The molecule has 2 rings (SSSR count). The molecule has 1 aliphatic heterocycles. The summed E-state index contributed by atoms with van der Waals surface area (Å²) in [4.78, 5) is 33.0. The molecule has 104 valence electrons. The lowest BCUT2D eigenvalue weighted by atomic mass is 10.1. The third kappa shape index (κ3) is 3.09. The molecule has 0 aliphatic carbocycles. The molecule has 0 bridgehead atoms. The summed E-state index contributed by atoms with van der Waals surface area (Å²) in [6, 6.07) is 3.90. The molecule has 1 aliphatic rings. The van der Waals surface area contributed by atoms with Crippen molar-refractivity contribution < 1.29 is 14.5 Å². The first-order valence-electron chi connectivity index (χ1n) is 5.58. The highest BCUT2D eigenvalue weighted by Gasteiger charge is 2.22. The molecule has 0 saturated carbocycles. The first-order valence-corrected chi connectivity index (χ1v) is 5.96. The highest BCUT2D eigenvalue weighted by atomic mass is 35.5. The number of carbonyl (C=O) groups excluding carboxylic acids is 2. The minimum absolute atomic E-state index is 0.0176. The van der Waals surface area contributed by atoms with Gasteiger partial charge in [-0.3, -0.25) is 19.7 Å². The number of nitrogens with one attached hydrogen (secondary N) is 2. The van der Waals surface area contributed by atoms with E-state index in [9.17, 15) is 19.7 Å². The molecule has 0 atom stereocenters. The van der Waals surface area contributed by atoms with Crippen LogP contribution in [0.5, 0.6) is 0 Å². The molecule has 1 heterocycles. The average Bonchev–Trinajstić information content (AvgIpc) is 2.41. The van der Waals surface area contributed by atoms with Gasteiger partial charge in [-0.2, -0.15) is 5.10 Å². The van der Waals surface area contributed by atoms with Crippen molar-refractivity contribution in [2.24, 2.45) is 5.10 Å². The molecular formula is C11H9ClN4O4. The summed E-state index contributed by atoms with van der Waals surface area (Å²) in [5.41, 5.74) is 1.99. The summed E-state index contributed by atoms with van der Waals surface area (Å²) < 4.78 is 0. The number of nitrogens with zero attached hydrogens (tertiary/aromatic N) is 2. The molecule has 2 N–H and O–H groups in total. The number of carbonyl (C=O) groups is 2. The van der Waals surface area contributed by atoms with E-state index in [-0.39, 0.29) is 40.9 Å². The van der Waals surface area contributed by atoms with Crippen LogP contribution < -0.4 is 10.7 Å². The monoisotopic (exact) mass is 296 g/mol. The second kappa shape index (κ2) is 5.66. The number of nitro groups is 1. The Morgan fingerprint density at radius 1 is 1.45 bits per heavy atom. The van der Waals surface area contributed by atoms with Gasteiger partial charge in [0.1, 0.15) is 11.4 Å². The first kappa shape index (κ1) is 13.9. The Balaban J connectivity index is 2.20. The molecular weight excluding hydrogens is 288 g/mol. The molecule has 9 heteroatoms. The fraction of sp³-hybridized carbons (Fsp3) is 0.182. The maximum atomic E-state index is 11.9. The van der Waals surface area contributed by atoms with E-state index in [4.69, 9.17) is 11.6 Å². The number of nitro benzene ring substituents is 1. The van der Waals surface area contributed by atoms with Crippen molar-refractivity contribution in [1.29, 1.82) is 0 Å². The van der Waals surface area contributed by atoms with Gasteiger partial charge >= 0.3 is 0 Å². The van der Waals surface area contributed by atoms with Gasteiger partial charge < -0.3 is 5.32 Å². The molecule has 0 fully saturated rings. The average molecular weight is 297 g/mol. The molecule has 0 spiro atoms. The fourth-order valence-electron chi connectivity index (χ4n) is 1.59. The van der Waals surface area contributed by atoms with Gasteiger partial charge in [0.25, 0.3) is 11.6 Å². The number of amides is 2. The van der Waals surface area contributed by atoms with Crippen molar-refractivity contribution in [3.63, 3.8) is 0 Å². The van der Waals surface area contributed by atoms with Crippen molar-refractivity contribution in [2.75, 3.05) is 5.32 Å². The normalized spacial score (nSPS) is 14.2. The van der Waals surface area contributed by atoms with Crippen molar-refractivity contribution in [3.8, 4) is 0 Å². The Labute approximate surface area is 117 Å². The Morgan fingerprint density at radius 3 is 2.80 bits per heavy atom. The van der Waals surface area contributed by atoms with Gasteiger partial charge in [0, 0.05) is 23.9 Å². The summed E-state index contributed by atoms with van der Waals surface area (Å²) in [5.74, 6) is -0.880. The van der Waals surface area contributed by atoms with E-state index in [0.29, 0.717) is 0 Å². The van der Waals surface area contributed by atoms with Gasteiger partial charge in [-0.25, -0.2) is 5.43 Å². The number of hydrazone groups is 1. The van der Waals surface area contributed by atoms with Crippen LogP contribution in [0, 0.1) is 10.1 Å². The molecule has 2 amide bonds. The lowest BCUT2D eigenvalue weighted by molar-refractivity contribution is -0.383. The third-order valence-electron chi connectivity index (χ3n) is 2.57. The smallest absolute Gasteiger partial charge is 0.294 e. The van der Waals surface area contributed by atoms with Crippen molar-refractivity contribution in [1.82, 2.24) is 5.43 Å². The molecule has 0 unspecified atom stereocenters. The van der Waals surface area contributed by atoms with Crippen LogP contribution in [0.3, 0.4) is 0 Å². The van der Waals surface area contributed by atoms with Gasteiger partial charge in [-0.1, -0.05) is 11.6 Å². The van der Waals surface area contributed by atoms with E-state index >= 15 is 0 Å². The Hall–Kier alpha value is -2.48. The quantitative estimate of drug-likeness (QED) is 0.649. The number of hydrogen-bond donors (Lipinski definition) is 2. The summed E-state index contributed by atoms with van der Waals surface area (Å²) in [6.07, 6.45) is 0.327. The predicted molar refractivity (Wildman–Crippen MR) is 71.5 cm³/mol. The lowest BCUT2D eigenvalue weighted by Gasteiger charge is -2.12. The highest BCUT2D eigenvalue weighted by molar-refractivity contribution is 6.43. The minimum atomic E-state index is -0.647. The summed E-state index contributed by atoms with van der Waals surface area (Å²) in [7, 11) is 0. The fourth-order valence-corrected chi connectivity index (χ4v) is 1.76. The maximum Gasteiger partial charge on any atom is 0.294 e. The molecule has 1 aromatic carbocycles. The van der Waals surface area contributed by atoms with E-state index in [1.807, 2.05) is 0 Å². The number of rotatable bonds is 3. The van der Waals surface area contributed by atoms with Crippen LogP contribution in [0.4, 0.5) is 11.4 Å². The van der Waals surface area contributed by atoms with Crippen LogP contribution >= 0.6 is 11.6 Å². The number of anilines is 1. The van der Waals surface area contributed by atoms with Crippen molar-refractivity contribution in [2.45, 2.75) is 12.8 Å². The first-order chi connectivity index (χ1) is 9.47. The third-order valence-corrected chi connectivity index (χ3v) is 2.81. The van der Waals surface area contributed by atoms with Gasteiger partial charge in [0.2, 0.25) is 5.91 Å². The zero-order valence-corrected chi connectivity index (χ0v) is 10.8. The van der Waals surface area contributed by atoms with Crippen LogP contribution in [0.1, 0.15) is 12.8 Å². The molecule has 0 saturated heterocycles. The van der Waals surface area contributed by atoms with Crippen LogP contribution in [-0.4, -0.2) is 22.4 Å². The van der Waals surface area contributed by atoms with Gasteiger partial charge in [0.15, 0.2) is 0 Å². The topological polar surface area (TPSA) is 114 Å². The zero-order valence-electron chi connectivity index (χ0n) is 10.1. The zero-order chi connectivity index (χ0) is 14.7. The van der Waals surface area contributed by atoms with E-state index in [0.717, 1.165) is 6.07 Å². The number of halogens is 1. The SMILES string of the molecule is O=C1CCC(C(=O)Nc2ccc(Cl)cc2[N+](=O)[O-])=NN1. The molecule has 0 radical (unpaired) electrons. The minimum Gasteiger partial charge on any atom is -0.315 e. The van der Waals surface area contributed by atoms with Gasteiger partial charge in [-0.15, -0.1) is 0 Å². The van der Waals surface area contributed by atoms with Crippen LogP contribution in [0.15, 0.2) is 23.3 Å². The highest BCUT2D eigenvalue weighted by Crippen LogP contribution is 2.27. The van der Waals surface area contributed by atoms with Gasteiger partial charge in [0.05, 0.1) is 4.92 Å². The van der Waals surface area contributed by atoms with Crippen LogP contribution in [0.25, 0.3) is 0 Å². The predicted octanol–water partition coefficient (Wildman–Crippen LogP) is 1.45. The Morgan fingerprint density at radius 2 is 2.20 bits per heavy atom. The number of hydrogen-bond acceptors (Lipinski definition) is 5. The van der Waals surface area contributed by atoms with E-state index in [1.54, 1.807) is 0 Å². The summed E-state index contributed by atoms with van der Waals surface area (Å²) in [5, 5.41) is 17.1. The largest absolute Gasteiger partial charge is 0.315 e. The summed E-state index contributed by atoms with van der Waals surface area (Å²) in [6.45, 7) is 0. The van der Waals surface area contributed by atoms with Gasteiger partial charge in [-0.05, 0) is 12.1 Å². The van der Waals surface area contributed by atoms with Crippen LogP contribution in [0.2, 0.25) is 5.02 Å². The van der Waals surface area contributed by atoms with E-state index in [2.05, 4.69) is 15.8 Å². The second-order valence-electron chi connectivity index (χ2n) is 3.97. The standard InChI is InChI=1S/C11H9ClN4O4/c12-6-1-2-7(9(5-6)16(19)20)13-11(18)8-3-4-10(17)15-14-8/h1-2,5H,3-4H2,(H,13,18)(H,15,17). The van der Waals surface area contributed by atoms with E-state index in [1.165, 1.54) is 12.1 Å². The summed E-state index contributed by atoms with van der Waals surface area (Å²) >= 11 is 5.67. The molecule has 8 nitrogen and oxygen atoms in total. The van der Waals surface area contributed by atoms with Crippen molar-refractivity contribution >= 4 is 40.5 Å². The van der Waals surface area contributed by atoms with E-state index < -0.39 is 10.8 Å². The molecule has 1 aromatic rings.